The van der Waals surface area contributed by atoms with Gasteiger partial charge in [0, 0.05) is 0 Å². The lowest BCUT2D eigenvalue weighted by atomic mass is 9.98. The zero-order valence-corrected chi connectivity index (χ0v) is 7.82. The Bertz CT molecular complexity index is 217. The van der Waals surface area contributed by atoms with Crippen LogP contribution in [0.15, 0.2) is 0 Å². The molecule has 0 bridgehead atoms. The van der Waals surface area contributed by atoms with E-state index in [1.807, 2.05) is 4.91 Å². The van der Waals surface area contributed by atoms with Crippen LogP contribution in [0.1, 0.15) is 0 Å². The zero-order chi connectivity index (χ0) is 12.0. The van der Waals surface area contributed by atoms with Crippen LogP contribution in [0, 0.1) is 11.1 Å². The van der Waals surface area contributed by atoms with Gasteiger partial charge in [0.05, 0.1) is 12.6 Å². The smallest absolute Gasteiger partial charge is 0.211 e. The molecule has 88 valence electrons. The maximum atomic E-state index is 9.20. The van der Waals surface area contributed by atoms with E-state index in [1.54, 1.807) is 0 Å². The Morgan fingerprint density at radius 1 is 1.20 bits per heavy atom. The van der Waals surface area contributed by atoms with Crippen LogP contribution in [-0.4, -0.2) is 57.7 Å². The fraction of sp³-hybridized carbons (Fsp3) is 1.00. The van der Waals surface area contributed by atoms with Gasteiger partial charge in [0.25, 0.3) is 0 Å². The summed E-state index contributed by atoms with van der Waals surface area (Å²) < 4.78 is 4.70. The van der Waals surface area contributed by atoms with Crippen molar-refractivity contribution in [3.05, 3.63) is 0 Å². The molecule has 0 amide bonds. The summed E-state index contributed by atoms with van der Waals surface area (Å²) in [6.45, 7) is -0.470. The molecule has 15 heavy (non-hydrogen) atoms. The second-order valence-electron chi connectivity index (χ2n) is 2.92. The van der Waals surface area contributed by atoms with Crippen LogP contribution >= 0.6 is 0 Å². The predicted octanol–water partition coefficient (Wildman–Crippen LogP) is -3.14. The van der Waals surface area contributed by atoms with Crippen LogP contribution in [0.4, 0.5) is 0 Å². The summed E-state index contributed by atoms with van der Waals surface area (Å²) in [6.07, 6.45) is -4.85. The van der Waals surface area contributed by atoms with Gasteiger partial charge in [-0.2, -0.15) is 0 Å². The number of nitrogens with one attached hydrogen (secondary N) is 2. The van der Waals surface area contributed by atoms with Crippen molar-refractivity contribution in [2.24, 2.45) is 5.73 Å². The molecule has 1 saturated heterocycles. The molecule has 1 rings (SSSR count). The van der Waals surface area contributed by atoms with Crippen molar-refractivity contribution in [3.63, 3.8) is 0 Å². The van der Waals surface area contributed by atoms with Crippen LogP contribution in [0.3, 0.4) is 0 Å². The van der Waals surface area contributed by atoms with Crippen LogP contribution in [0.25, 0.3) is 0 Å². The monoisotopic (exact) mass is 223 g/mol. The first kappa shape index (κ1) is 14.1. The Balaban J connectivity index is 0.000000583. The van der Waals surface area contributed by atoms with E-state index < -0.39 is 37.3 Å². The highest BCUT2D eigenvalue weighted by Crippen LogP contribution is 2.17. The Labute approximate surface area is 85.1 Å². The number of nitrogens with zero attached hydrogens (tertiary/aromatic N) is 1. The SMILES string of the molecule is N=[N+]=N.N[C@@H]1C(O)O[C@H](CO)[C@@H](O)[C@@H]1O. The van der Waals surface area contributed by atoms with Crippen molar-refractivity contribution in [3.8, 4) is 0 Å². The lowest BCUT2D eigenvalue weighted by molar-refractivity contribution is -0.248. The standard InChI is InChI=1S/C6H13NO5.H2N3/c7-3-5(10)4(9)2(1-8)12-6(3)11;1-3-2/h2-6,8-11H,1,7H2;1-2H/q;+1/t2-,3+,4-,5-,6?;/m1./s1. The van der Waals surface area contributed by atoms with Crippen LogP contribution in [-0.2, 0) is 4.74 Å². The molecular formula is C6H15N4O5+. The molecule has 1 aliphatic rings. The first-order chi connectivity index (χ1) is 6.99. The molecule has 1 aliphatic heterocycles. The second-order valence-corrected chi connectivity index (χ2v) is 2.92. The molecule has 1 unspecified atom stereocenters. The first-order valence-corrected chi connectivity index (χ1v) is 4.08. The topological polar surface area (TPSA) is 178 Å². The molecule has 0 aromatic carbocycles. The number of hydrogen-bond acceptors (Lipinski definition) is 8. The van der Waals surface area contributed by atoms with Gasteiger partial charge in [-0.15, -0.1) is 0 Å². The minimum Gasteiger partial charge on any atom is -0.394 e. The molecule has 9 nitrogen and oxygen atoms in total. The average molecular weight is 223 g/mol. The molecule has 0 aliphatic carbocycles. The molecule has 0 spiro atoms. The van der Waals surface area contributed by atoms with Gasteiger partial charge in [0.1, 0.15) is 29.4 Å². The number of aliphatic hydroxyl groups is 4. The second kappa shape index (κ2) is 6.53. The maximum Gasteiger partial charge on any atom is 0.211 e. The Kier molecular flexibility index (Phi) is 6.13. The van der Waals surface area contributed by atoms with E-state index in [2.05, 4.69) is 0 Å². The average Bonchev–Trinajstić information content (AvgIpc) is 2.21. The molecule has 9 heteroatoms. The molecule has 0 radical (unpaired) electrons. The highest BCUT2D eigenvalue weighted by Gasteiger charge is 2.41. The van der Waals surface area contributed by atoms with Crippen molar-refractivity contribution in [1.82, 2.24) is 4.91 Å². The quantitative estimate of drug-likeness (QED) is 0.182. The molecule has 0 aromatic heterocycles. The van der Waals surface area contributed by atoms with E-state index in [0.29, 0.717) is 0 Å². The van der Waals surface area contributed by atoms with Gasteiger partial charge in [0.15, 0.2) is 6.29 Å². The minimum atomic E-state index is -1.35. The van der Waals surface area contributed by atoms with Crippen molar-refractivity contribution >= 4 is 0 Å². The Morgan fingerprint density at radius 2 is 1.67 bits per heavy atom. The van der Waals surface area contributed by atoms with Gasteiger partial charge < -0.3 is 30.9 Å². The van der Waals surface area contributed by atoms with Gasteiger partial charge in [-0.25, -0.2) is 0 Å². The van der Waals surface area contributed by atoms with Gasteiger partial charge >= 0.3 is 0 Å². The summed E-state index contributed by atoms with van der Waals surface area (Å²) in [7, 11) is 0. The van der Waals surface area contributed by atoms with Gasteiger partial charge in [0.2, 0.25) is 4.91 Å². The minimum absolute atomic E-state index is 0.470. The third-order valence-corrected chi connectivity index (χ3v) is 1.95. The number of ether oxygens (including phenoxy) is 1. The van der Waals surface area contributed by atoms with Gasteiger partial charge in [-0.1, -0.05) is 0 Å². The third-order valence-electron chi connectivity index (χ3n) is 1.95. The largest absolute Gasteiger partial charge is 0.394 e. The highest BCUT2D eigenvalue weighted by molar-refractivity contribution is 4.90. The first-order valence-electron chi connectivity index (χ1n) is 4.08. The number of nitrogens with two attached hydrogens (primary N) is 1. The van der Waals surface area contributed by atoms with Gasteiger partial charge in [-0.05, 0) is 0 Å². The molecule has 1 heterocycles. The molecular weight excluding hydrogens is 208 g/mol. The number of aliphatic hydroxyl groups excluding tert-OH is 4. The van der Waals surface area contributed by atoms with Gasteiger partial charge in [-0.3, -0.25) is 0 Å². The number of rotatable bonds is 1. The summed E-state index contributed by atoms with van der Waals surface area (Å²) in [5.41, 5.74) is 16.3. The summed E-state index contributed by atoms with van der Waals surface area (Å²) in [4.78, 5) is 2.00. The van der Waals surface area contributed by atoms with Crippen molar-refractivity contribution in [1.29, 1.82) is 11.1 Å². The van der Waals surface area contributed by atoms with E-state index >= 15 is 0 Å². The summed E-state index contributed by atoms with van der Waals surface area (Å²) in [5, 5.41) is 36.1. The molecule has 5 atom stereocenters. The molecule has 0 aromatic rings. The number of hydrogen-bond donors (Lipinski definition) is 7. The maximum absolute atomic E-state index is 9.20. The third kappa shape index (κ3) is 3.61. The lowest BCUT2D eigenvalue weighted by Crippen LogP contribution is -2.61. The summed E-state index contributed by atoms with van der Waals surface area (Å²) >= 11 is 0. The van der Waals surface area contributed by atoms with E-state index in [9.17, 15) is 10.2 Å². The van der Waals surface area contributed by atoms with Crippen LogP contribution in [0.2, 0.25) is 0 Å². The van der Waals surface area contributed by atoms with Crippen molar-refractivity contribution in [2.45, 2.75) is 30.6 Å². The highest BCUT2D eigenvalue weighted by atomic mass is 16.6. The Morgan fingerprint density at radius 3 is 2.07 bits per heavy atom. The predicted molar refractivity (Wildman–Crippen MR) is 45.5 cm³/mol. The van der Waals surface area contributed by atoms with E-state index in [0.717, 1.165) is 0 Å². The summed E-state index contributed by atoms with van der Waals surface area (Å²) in [6, 6.07) is -1.04. The van der Waals surface area contributed by atoms with Crippen molar-refractivity contribution < 1.29 is 25.2 Å². The molecule has 8 N–H and O–H groups in total. The molecule has 1 fully saturated rings. The van der Waals surface area contributed by atoms with Crippen molar-refractivity contribution in [2.75, 3.05) is 6.61 Å². The van der Waals surface area contributed by atoms with E-state index in [-0.39, 0.29) is 0 Å². The fourth-order valence-corrected chi connectivity index (χ4v) is 1.12. The molecule has 0 saturated carbocycles. The Hall–Kier alpha value is -0.930. The fourth-order valence-electron chi connectivity index (χ4n) is 1.12. The van der Waals surface area contributed by atoms with Crippen LogP contribution in [0.5, 0.6) is 0 Å². The summed E-state index contributed by atoms with van der Waals surface area (Å²) in [5.74, 6) is 0. The van der Waals surface area contributed by atoms with E-state index in [4.69, 9.17) is 31.7 Å². The van der Waals surface area contributed by atoms with Crippen LogP contribution < -0.4 is 10.6 Å². The zero-order valence-electron chi connectivity index (χ0n) is 7.82. The van der Waals surface area contributed by atoms with E-state index in [1.165, 1.54) is 0 Å². The normalized spacial score (nSPS) is 39.9. The lowest BCUT2D eigenvalue weighted by Gasteiger charge is -2.38.